The Kier molecular flexibility index (Phi) is 6.69. The molecule has 0 aliphatic heterocycles. The van der Waals surface area contributed by atoms with E-state index in [9.17, 15) is 4.79 Å². The van der Waals surface area contributed by atoms with Crippen LogP contribution in [0.3, 0.4) is 0 Å². The van der Waals surface area contributed by atoms with Crippen LogP contribution in [0.25, 0.3) is 0 Å². The van der Waals surface area contributed by atoms with Crippen molar-refractivity contribution in [3.63, 3.8) is 0 Å². The van der Waals surface area contributed by atoms with Gasteiger partial charge in [0, 0.05) is 12.5 Å². The quantitative estimate of drug-likeness (QED) is 0.812. The van der Waals surface area contributed by atoms with Crippen molar-refractivity contribution in [1.29, 1.82) is 0 Å². The van der Waals surface area contributed by atoms with Gasteiger partial charge in [0.1, 0.15) is 5.75 Å². The van der Waals surface area contributed by atoms with Crippen LogP contribution in [-0.4, -0.2) is 30.8 Å². The highest BCUT2D eigenvalue weighted by molar-refractivity contribution is 5.77. The van der Waals surface area contributed by atoms with E-state index in [0.717, 1.165) is 16.9 Å². The molecule has 0 fully saturated rings. The molecular formula is C17H27NO3. The number of carbonyl (C=O) groups is 1. The summed E-state index contributed by atoms with van der Waals surface area (Å²) in [6.45, 7) is 7.99. The maximum atomic E-state index is 12.1. The number of aliphatic hydroxyl groups is 1. The second-order valence-electron chi connectivity index (χ2n) is 5.93. The molecule has 0 aliphatic carbocycles. The van der Waals surface area contributed by atoms with Crippen molar-refractivity contribution in [3.05, 3.63) is 29.3 Å². The molecule has 4 heteroatoms. The number of rotatable bonds is 7. The zero-order valence-electron chi connectivity index (χ0n) is 13.6. The Morgan fingerprint density at radius 3 is 2.48 bits per heavy atom. The van der Waals surface area contributed by atoms with Crippen molar-refractivity contribution >= 4 is 5.91 Å². The van der Waals surface area contributed by atoms with Crippen LogP contribution in [0.2, 0.25) is 0 Å². The molecule has 0 saturated carbocycles. The molecule has 1 unspecified atom stereocenters. The molecule has 0 radical (unpaired) electrons. The zero-order valence-corrected chi connectivity index (χ0v) is 13.6. The first kappa shape index (κ1) is 17.5. The van der Waals surface area contributed by atoms with Crippen LogP contribution in [0.5, 0.6) is 5.75 Å². The van der Waals surface area contributed by atoms with Gasteiger partial charge in [0.2, 0.25) is 5.91 Å². The van der Waals surface area contributed by atoms with Gasteiger partial charge in [-0.2, -0.15) is 0 Å². The van der Waals surface area contributed by atoms with Gasteiger partial charge in [-0.25, -0.2) is 0 Å². The summed E-state index contributed by atoms with van der Waals surface area (Å²) in [5, 5.41) is 11.8. The van der Waals surface area contributed by atoms with Gasteiger partial charge < -0.3 is 15.2 Å². The maximum absolute atomic E-state index is 12.1. The van der Waals surface area contributed by atoms with E-state index >= 15 is 0 Å². The van der Waals surface area contributed by atoms with Crippen LogP contribution in [0.1, 0.15) is 44.2 Å². The van der Waals surface area contributed by atoms with E-state index in [2.05, 4.69) is 25.2 Å². The van der Waals surface area contributed by atoms with Crippen molar-refractivity contribution in [1.82, 2.24) is 5.32 Å². The third-order valence-electron chi connectivity index (χ3n) is 3.74. The Hall–Kier alpha value is -1.55. The summed E-state index contributed by atoms with van der Waals surface area (Å²) < 4.78 is 5.28. The molecule has 0 spiro atoms. The lowest BCUT2D eigenvalue weighted by Gasteiger charge is -2.23. The van der Waals surface area contributed by atoms with Gasteiger partial charge in [0.15, 0.2) is 0 Å². The lowest BCUT2D eigenvalue weighted by molar-refractivity contribution is -0.122. The van der Waals surface area contributed by atoms with Crippen LogP contribution in [0.15, 0.2) is 18.2 Å². The van der Waals surface area contributed by atoms with Crippen molar-refractivity contribution in [2.45, 2.75) is 46.1 Å². The molecule has 0 aromatic heterocycles. The zero-order chi connectivity index (χ0) is 16.0. The van der Waals surface area contributed by atoms with Crippen LogP contribution < -0.4 is 10.1 Å². The predicted molar refractivity (Wildman–Crippen MR) is 84.6 cm³/mol. The predicted octanol–water partition coefficient (Wildman–Crippen LogP) is 2.63. The number of benzene rings is 1. The molecule has 2 atom stereocenters. The molecule has 1 rings (SSSR count). The number of nitrogens with one attached hydrogen (secondary N) is 1. The minimum absolute atomic E-state index is 0.0243. The Morgan fingerprint density at radius 1 is 1.33 bits per heavy atom. The van der Waals surface area contributed by atoms with E-state index in [-0.39, 0.29) is 24.5 Å². The molecule has 0 bridgehead atoms. The number of aryl methyl sites for hydroxylation is 1. The SMILES string of the molecule is COc1ccc(C(CC(=O)N[C@@H](C)CO)C(C)C)cc1C. The summed E-state index contributed by atoms with van der Waals surface area (Å²) in [5.41, 5.74) is 2.22. The fourth-order valence-electron chi connectivity index (χ4n) is 2.45. The monoisotopic (exact) mass is 293 g/mol. The Labute approximate surface area is 127 Å². The van der Waals surface area contributed by atoms with E-state index in [1.807, 2.05) is 19.1 Å². The molecule has 0 heterocycles. The van der Waals surface area contributed by atoms with Crippen LogP contribution in [0.4, 0.5) is 0 Å². The first-order valence-corrected chi connectivity index (χ1v) is 7.43. The average Bonchev–Trinajstić information content (AvgIpc) is 2.44. The molecule has 0 aliphatic rings. The Bertz CT molecular complexity index is 471. The normalized spacial score (nSPS) is 13.9. The van der Waals surface area contributed by atoms with Crippen LogP contribution >= 0.6 is 0 Å². The second-order valence-corrected chi connectivity index (χ2v) is 5.93. The van der Waals surface area contributed by atoms with E-state index in [1.165, 1.54) is 0 Å². The second kappa shape index (κ2) is 8.03. The van der Waals surface area contributed by atoms with Crippen molar-refractivity contribution in [2.24, 2.45) is 5.92 Å². The van der Waals surface area contributed by atoms with E-state index in [4.69, 9.17) is 9.84 Å². The minimum atomic E-state index is -0.206. The molecule has 1 amide bonds. The summed E-state index contributed by atoms with van der Waals surface area (Å²) >= 11 is 0. The van der Waals surface area contributed by atoms with Gasteiger partial charge in [-0.15, -0.1) is 0 Å². The fraction of sp³-hybridized carbons (Fsp3) is 0.588. The Balaban J connectivity index is 2.87. The van der Waals surface area contributed by atoms with Crippen molar-refractivity contribution in [2.75, 3.05) is 13.7 Å². The molecule has 2 N–H and O–H groups in total. The number of amides is 1. The first-order valence-electron chi connectivity index (χ1n) is 7.43. The molecule has 21 heavy (non-hydrogen) atoms. The minimum Gasteiger partial charge on any atom is -0.496 e. The third-order valence-corrected chi connectivity index (χ3v) is 3.74. The van der Waals surface area contributed by atoms with Gasteiger partial charge >= 0.3 is 0 Å². The van der Waals surface area contributed by atoms with E-state index in [0.29, 0.717) is 12.3 Å². The Morgan fingerprint density at radius 2 is 2.00 bits per heavy atom. The summed E-state index contributed by atoms with van der Waals surface area (Å²) in [5.74, 6) is 1.34. The number of ether oxygens (including phenoxy) is 1. The lowest BCUT2D eigenvalue weighted by atomic mass is 9.84. The first-order chi connectivity index (χ1) is 9.88. The molecule has 4 nitrogen and oxygen atoms in total. The fourth-order valence-corrected chi connectivity index (χ4v) is 2.45. The number of hydrogen-bond donors (Lipinski definition) is 2. The van der Waals surface area contributed by atoms with Gasteiger partial charge in [0.05, 0.1) is 13.7 Å². The van der Waals surface area contributed by atoms with Crippen molar-refractivity contribution in [3.8, 4) is 5.75 Å². The van der Waals surface area contributed by atoms with E-state index < -0.39 is 0 Å². The average molecular weight is 293 g/mol. The molecule has 0 saturated heterocycles. The van der Waals surface area contributed by atoms with E-state index in [1.54, 1.807) is 14.0 Å². The molecule has 1 aromatic rings. The highest BCUT2D eigenvalue weighted by Gasteiger charge is 2.21. The highest BCUT2D eigenvalue weighted by Crippen LogP contribution is 2.31. The van der Waals surface area contributed by atoms with Gasteiger partial charge in [-0.3, -0.25) is 4.79 Å². The van der Waals surface area contributed by atoms with Gasteiger partial charge in [-0.05, 0) is 42.9 Å². The molecule has 118 valence electrons. The maximum Gasteiger partial charge on any atom is 0.220 e. The number of aliphatic hydroxyl groups excluding tert-OH is 1. The van der Waals surface area contributed by atoms with Crippen LogP contribution in [-0.2, 0) is 4.79 Å². The van der Waals surface area contributed by atoms with Crippen LogP contribution in [0, 0.1) is 12.8 Å². The van der Waals surface area contributed by atoms with Gasteiger partial charge in [0.25, 0.3) is 0 Å². The highest BCUT2D eigenvalue weighted by atomic mass is 16.5. The van der Waals surface area contributed by atoms with Crippen molar-refractivity contribution < 1.29 is 14.6 Å². The summed E-state index contributed by atoms with van der Waals surface area (Å²) in [6.07, 6.45) is 0.424. The summed E-state index contributed by atoms with van der Waals surface area (Å²) in [4.78, 5) is 12.1. The lowest BCUT2D eigenvalue weighted by Crippen LogP contribution is -2.36. The molecular weight excluding hydrogens is 266 g/mol. The van der Waals surface area contributed by atoms with Gasteiger partial charge in [-0.1, -0.05) is 26.0 Å². The third kappa shape index (κ3) is 5.05. The number of methoxy groups -OCH3 is 1. The number of carbonyl (C=O) groups excluding carboxylic acids is 1. The molecule has 1 aromatic carbocycles. The largest absolute Gasteiger partial charge is 0.496 e. The summed E-state index contributed by atoms with van der Waals surface area (Å²) in [6, 6.07) is 5.86. The summed E-state index contributed by atoms with van der Waals surface area (Å²) in [7, 11) is 1.66. The standard InChI is InChI=1S/C17H27NO3/c1-11(2)15(9-17(20)18-13(4)10-19)14-6-7-16(21-5)12(3)8-14/h6-8,11,13,15,19H,9-10H2,1-5H3,(H,18,20)/t13-,15?/m0/s1. The smallest absolute Gasteiger partial charge is 0.220 e. The topological polar surface area (TPSA) is 58.6 Å². The number of hydrogen-bond acceptors (Lipinski definition) is 3.